The van der Waals surface area contributed by atoms with Crippen molar-refractivity contribution < 1.29 is 9.05 Å². The van der Waals surface area contributed by atoms with Crippen LogP contribution in [0.25, 0.3) is 11.4 Å². The van der Waals surface area contributed by atoms with Gasteiger partial charge in [0.15, 0.2) is 24.0 Å². The van der Waals surface area contributed by atoms with Gasteiger partial charge < -0.3 is 9.05 Å². The summed E-state index contributed by atoms with van der Waals surface area (Å²) in [5, 5.41) is 3.79. The minimum Gasteiger partial charge on any atom is -0.455 e. The minimum atomic E-state index is -2.73. The summed E-state index contributed by atoms with van der Waals surface area (Å²) in [4.78, 5) is 9.48. The number of hydrogen-bond acceptors (Lipinski definition) is 6. The predicted octanol–water partition coefficient (Wildman–Crippen LogP) is 6.99. The van der Waals surface area contributed by atoms with Crippen LogP contribution in [0.2, 0.25) is 0 Å². The van der Waals surface area contributed by atoms with Crippen molar-refractivity contribution in [2.24, 2.45) is 0 Å². The second kappa shape index (κ2) is 12.5. The van der Waals surface area contributed by atoms with E-state index in [1.54, 1.807) is 12.4 Å². The van der Waals surface area contributed by atoms with E-state index in [0.717, 1.165) is 21.2 Å². The van der Waals surface area contributed by atoms with E-state index in [9.17, 15) is 0 Å². The van der Waals surface area contributed by atoms with Crippen molar-refractivity contribution in [1.29, 1.82) is 0 Å². The lowest BCUT2D eigenvalue weighted by Crippen LogP contribution is -2.20. The van der Waals surface area contributed by atoms with E-state index in [2.05, 4.69) is 0 Å². The van der Waals surface area contributed by atoms with Gasteiger partial charge in [-0.2, -0.15) is 0 Å². The van der Waals surface area contributed by atoms with Crippen molar-refractivity contribution in [2.75, 3.05) is 0 Å². The highest BCUT2D eigenvalue weighted by Gasteiger charge is 2.30. The van der Waals surface area contributed by atoms with Gasteiger partial charge in [0.25, 0.3) is 0 Å². The van der Waals surface area contributed by atoms with Gasteiger partial charge in [-0.15, -0.1) is 0 Å². The molecule has 0 atom stereocenters. The van der Waals surface area contributed by atoms with Gasteiger partial charge in [0, 0.05) is 33.6 Å². The van der Waals surface area contributed by atoms with Crippen molar-refractivity contribution in [1.82, 2.24) is 9.97 Å². The van der Waals surface area contributed by atoms with Crippen LogP contribution in [-0.4, -0.2) is 9.97 Å². The zero-order valence-corrected chi connectivity index (χ0v) is 25.9. The molecular weight excluding hydrogens is 594 g/mol. The Labute approximate surface area is 256 Å². The summed E-state index contributed by atoms with van der Waals surface area (Å²) in [5.41, 5.74) is 1.08. The van der Waals surface area contributed by atoms with Crippen LogP contribution in [0.15, 0.2) is 158 Å². The van der Waals surface area contributed by atoms with Gasteiger partial charge >= 0.3 is 0 Å². The number of hydrogen-bond donors (Lipinski definition) is 0. The first kappa shape index (κ1) is 28.2. The Morgan fingerprint density at radius 2 is 0.667 bits per heavy atom. The molecule has 0 saturated heterocycles. The molecule has 6 rings (SSSR count). The maximum atomic E-state index is 6.86. The number of benzene rings is 4. The average molecular weight is 621 g/mol. The Morgan fingerprint density at radius 3 is 0.952 bits per heavy atom. The first-order chi connectivity index (χ1) is 20.6. The second-order valence-corrected chi connectivity index (χ2v) is 17.1. The molecule has 2 heterocycles. The molecule has 0 aliphatic rings. The van der Waals surface area contributed by atoms with E-state index in [4.69, 9.17) is 42.6 Å². The molecule has 42 heavy (non-hydrogen) atoms. The summed E-state index contributed by atoms with van der Waals surface area (Å²) in [6, 6.07) is 47.4. The van der Waals surface area contributed by atoms with Crippen LogP contribution in [-0.2, 0) is 23.6 Å². The quantitative estimate of drug-likeness (QED) is 0.162. The Bertz CT molecular complexity index is 1660. The zero-order valence-electron chi connectivity index (χ0n) is 22.4. The number of rotatable bonds is 9. The fourth-order valence-corrected chi connectivity index (χ4v) is 10.6. The van der Waals surface area contributed by atoms with Gasteiger partial charge in [-0.3, -0.25) is 9.97 Å². The highest BCUT2D eigenvalue weighted by Crippen LogP contribution is 2.51. The first-order valence-corrected chi connectivity index (χ1v) is 18.7. The summed E-state index contributed by atoms with van der Waals surface area (Å²) in [6.45, 7) is 0. The summed E-state index contributed by atoms with van der Waals surface area (Å²) >= 11 is 12.7. The van der Waals surface area contributed by atoms with E-state index in [-0.39, 0.29) is 0 Å². The van der Waals surface area contributed by atoms with Crippen molar-refractivity contribution in [2.45, 2.75) is 0 Å². The van der Waals surface area contributed by atoms with Crippen LogP contribution in [0.1, 0.15) is 0 Å². The number of pyridine rings is 2. The Kier molecular flexibility index (Phi) is 8.41. The lowest BCUT2D eigenvalue weighted by molar-refractivity contribution is 0.614. The van der Waals surface area contributed by atoms with Gasteiger partial charge in [-0.1, -0.05) is 121 Å². The third-order valence-electron chi connectivity index (χ3n) is 6.60. The molecule has 2 aromatic heterocycles. The molecule has 0 N–H and O–H groups in total. The molecule has 0 spiro atoms. The molecular formula is C34H26N2O2P2S2. The fraction of sp³-hybridized carbons (Fsp3) is 0. The Balaban J connectivity index is 1.46. The smallest absolute Gasteiger partial charge is 0.171 e. The standard InChI is InChI=1S/C34H26N2O2P2S2/c41-39(27-15-5-1-6-16-27,28-17-7-2-8-18-28)37-31-23-13-25-35-33(31)34-32(24-14-26-36-34)38-40(42,29-19-9-3-10-20-29)30-21-11-4-12-22-30/h1-26H. The van der Waals surface area contributed by atoms with E-state index in [1.807, 2.05) is 146 Å². The fourth-order valence-electron chi connectivity index (χ4n) is 4.57. The molecule has 0 saturated carbocycles. The Hall–Kier alpha value is -3.92. The molecule has 0 aliphatic carbocycles. The van der Waals surface area contributed by atoms with Gasteiger partial charge in [0.1, 0.15) is 11.4 Å². The molecule has 0 aliphatic heterocycles. The average Bonchev–Trinajstić information content (AvgIpc) is 3.07. The molecule has 0 bridgehead atoms. The first-order valence-electron chi connectivity index (χ1n) is 13.3. The summed E-state index contributed by atoms with van der Waals surface area (Å²) in [7, 11) is 0. The maximum Gasteiger partial charge on any atom is 0.171 e. The molecule has 0 fully saturated rings. The summed E-state index contributed by atoms with van der Waals surface area (Å²) < 4.78 is 13.7. The van der Waals surface area contributed by atoms with Crippen molar-refractivity contribution in [3.8, 4) is 22.9 Å². The van der Waals surface area contributed by atoms with Crippen LogP contribution >= 0.6 is 12.5 Å². The second-order valence-electron chi connectivity index (χ2n) is 9.33. The third-order valence-corrected chi connectivity index (χ3v) is 14.4. The molecule has 4 aromatic carbocycles. The molecule has 0 amide bonds. The van der Waals surface area contributed by atoms with Gasteiger partial charge in [0.05, 0.1) is 0 Å². The van der Waals surface area contributed by atoms with E-state index in [0.29, 0.717) is 22.9 Å². The summed E-state index contributed by atoms with van der Waals surface area (Å²) in [6.07, 6.45) is -2.02. The van der Waals surface area contributed by atoms with Crippen LogP contribution in [0.4, 0.5) is 0 Å². The van der Waals surface area contributed by atoms with Crippen LogP contribution < -0.4 is 30.3 Å². The number of aromatic nitrogens is 2. The monoisotopic (exact) mass is 620 g/mol. The molecule has 0 unspecified atom stereocenters. The Morgan fingerprint density at radius 1 is 0.381 bits per heavy atom. The lowest BCUT2D eigenvalue weighted by Gasteiger charge is -2.27. The van der Waals surface area contributed by atoms with Crippen molar-refractivity contribution >= 4 is 57.4 Å². The number of nitrogens with zero attached hydrogens (tertiary/aromatic N) is 2. The normalized spacial score (nSPS) is 11.5. The SMILES string of the molecule is S=P(Oc1cccnc1-c1ncccc1OP(=S)(c1ccccc1)c1ccccc1)(c1ccccc1)c1ccccc1. The lowest BCUT2D eigenvalue weighted by atomic mass is 10.2. The molecule has 0 radical (unpaired) electrons. The van der Waals surface area contributed by atoms with Crippen molar-refractivity contribution in [3.05, 3.63) is 158 Å². The van der Waals surface area contributed by atoms with Gasteiger partial charge in [-0.05, 0) is 47.9 Å². The molecule has 6 aromatic rings. The maximum absolute atomic E-state index is 6.86. The minimum absolute atomic E-state index is 0.532. The largest absolute Gasteiger partial charge is 0.455 e. The highest BCUT2D eigenvalue weighted by atomic mass is 32.4. The molecule has 206 valence electrons. The van der Waals surface area contributed by atoms with Crippen LogP contribution in [0.5, 0.6) is 11.5 Å². The highest BCUT2D eigenvalue weighted by molar-refractivity contribution is 8.20. The van der Waals surface area contributed by atoms with Crippen LogP contribution in [0, 0.1) is 0 Å². The van der Waals surface area contributed by atoms with E-state index < -0.39 is 12.5 Å². The molecule has 8 heteroatoms. The van der Waals surface area contributed by atoms with Crippen LogP contribution in [0.3, 0.4) is 0 Å². The zero-order chi connectivity index (χ0) is 28.8. The predicted molar refractivity (Wildman–Crippen MR) is 182 cm³/mol. The van der Waals surface area contributed by atoms with E-state index >= 15 is 0 Å². The topological polar surface area (TPSA) is 44.2 Å². The van der Waals surface area contributed by atoms with Crippen molar-refractivity contribution in [3.63, 3.8) is 0 Å². The van der Waals surface area contributed by atoms with Gasteiger partial charge in [0.2, 0.25) is 0 Å². The van der Waals surface area contributed by atoms with Gasteiger partial charge in [-0.25, -0.2) is 0 Å². The molecule has 4 nitrogen and oxygen atoms in total. The third kappa shape index (κ3) is 5.72. The summed E-state index contributed by atoms with van der Waals surface area (Å²) in [5.74, 6) is 1.06. The van der Waals surface area contributed by atoms with E-state index in [1.165, 1.54) is 0 Å².